The van der Waals surface area contributed by atoms with Crippen molar-refractivity contribution in [3.8, 4) is 0 Å². The Balaban J connectivity index is 2.11. The minimum atomic E-state index is -0.576. The van der Waals surface area contributed by atoms with Gasteiger partial charge >= 0.3 is 0 Å². The third-order valence-corrected chi connectivity index (χ3v) is 3.21. The normalized spacial score (nSPS) is 10.2. The van der Waals surface area contributed by atoms with Gasteiger partial charge in [0, 0.05) is 6.07 Å². The molecule has 2 rings (SSSR count). The van der Waals surface area contributed by atoms with Crippen LogP contribution in [0.4, 0.5) is 10.8 Å². The van der Waals surface area contributed by atoms with Gasteiger partial charge in [0.1, 0.15) is 5.69 Å². The van der Waals surface area contributed by atoms with Gasteiger partial charge in [-0.3, -0.25) is 20.2 Å². The zero-order valence-electron chi connectivity index (χ0n) is 8.14. The fraction of sp³-hybridized carbons (Fsp3) is 0. The van der Waals surface area contributed by atoms with E-state index >= 15 is 0 Å². The van der Waals surface area contributed by atoms with Gasteiger partial charge in [0.25, 0.3) is 11.6 Å². The first kappa shape index (κ1) is 11.7. The van der Waals surface area contributed by atoms with Crippen LogP contribution in [-0.2, 0) is 0 Å². The van der Waals surface area contributed by atoms with Crippen LogP contribution in [0.3, 0.4) is 0 Å². The summed E-state index contributed by atoms with van der Waals surface area (Å²) in [6.07, 6.45) is 2.71. The zero-order chi connectivity index (χ0) is 12.4. The van der Waals surface area contributed by atoms with Gasteiger partial charge in [-0.1, -0.05) is 11.3 Å². The molecule has 0 aliphatic carbocycles. The Bertz CT molecular complexity index is 579. The van der Waals surface area contributed by atoms with Crippen molar-refractivity contribution in [3.05, 3.63) is 38.1 Å². The van der Waals surface area contributed by atoms with Crippen LogP contribution in [0.15, 0.2) is 22.2 Å². The molecule has 2 aromatic rings. The van der Waals surface area contributed by atoms with Crippen molar-refractivity contribution in [2.24, 2.45) is 0 Å². The summed E-state index contributed by atoms with van der Waals surface area (Å²) in [5.41, 5.74) is -0.0431. The first-order valence-electron chi connectivity index (χ1n) is 4.32. The summed E-state index contributed by atoms with van der Waals surface area (Å²) in [4.78, 5) is 27.9. The molecule has 88 valence electrons. The van der Waals surface area contributed by atoms with E-state index in [1.54, 1.807) is 6.20 Å². The van der Waals surface area contributed by atoms with Gasteiger partial charge in [-0.05, 0) is 15.9 Å². The van der Waals surface area contributed by atoms with Crippen LogP contribution in [0.1, 0.15) is 10.5 Å². The van der Waals surface area contributed by atoms with Gasteiger partial charge in [-0.15, -0.1) is 0 Å². The van der Waals surface area contributed by atoms with Crippen molar-refractivity contribution in [2.45, 2.75) is 0 Å². The Morgan fingerprint density at radius 3 is 2.94 bits per heavy atom. The average molecular weight is 317 g/mol. The number of carbonyl (C=O) groups excluding carboxylic acids is 1. The van der Waals surface area contributed by atoms with Gasteiger partial charge < -0.3 is 4.98 Å². The third-order valence-electron chi connectivity index (χ3n) is 1.82. The lowest BCUT2D eigenvalue weighted by molar-refractivity contribution is -0.384. The number of halogens is 1. The zero-order valence-corrected chi connectivity index (χ0v) is 10.5. The van der Waals surface area contributed by atoms with Gasteiger partial charge in [0.2, 0.25) is 0 Å². The van der Waals surface area contributed by atoms with Crippen molar-refractivity contribution < 1.29 is 9.72 Å². The van der Waals surface area contributed by atoms with E-state index in [9.17, 15) is 14.9 Å². The summed E-state index contributed by atoms with van der Waals surface area (Å²) < 4.78 is 0.783. The molecule has 0 atom stereocenters. The number of hydrogen-bond acceptors (Lipinski definition) is 5. The maximum absolute atomic E-state index is 11.6. The van der Waals surface area contributed by atoms with Crippen LogP contribution in [0, 0.1) is 10.1 Å². The Kier molecular flexibility index (Phi) is 3.20. The first-order valence-corrected chi connectivity index (χ1v) is 5.92. The van der Waals surface area contributed by atoms with Crippen molar-refractivity contribution in [1.82, 2.24) is 9.97 Å². The highest BCUT2D eigenvalue weighted by Gasteiger charge is 2.15. The Hall–Kier alpha value is -1.74. The minimum Gasteiger partial charge on any atom is -0.351 e. The number of aromatic nitrogens is 2. The minimum absolute atomic E-state index is 0.114. The fourth-order valence-electron chi connectivity index (χ4n) is 1.10. The highest BCUT2D eigenvalue weighted by atomic mass is 79.9. The molecule has 1 amide bonds. The number of H-pyrrole nitrogens is 1. The SMILES string of the molecule is O=C(Nc1ncc(Br)s1)c1cc([N+](=O)[O-])c[nH]1. The largest absolute Gasteiger partial charge is 0.351 e. The number of amides is 1. The fourth-order valence-corrected chi connectivity index (χ4v) is 2.20. The number of aromatic amines is 1. The van der Waals surface area contributed by atoms with E-state index in [1.165, 1.54) is 11.3 Å². The van der Waals surface area contributed by atoms with Gasteiger partial charge in [-0.25, -0.2) is 4.98 Å². The molecule has 0 spiro atoms. The lowest BCUT2D eigenvalue weighted by Crippen LogP contribution is -2.11. The molecule has 0 aliphatic heterocycles. The standard InChI is InChI=1S/C8H5BrN4O3S/c9-6-3-11-8(17-6)12-7(14)5-1-4(2-10-5)13(15)16/h1-3,10H,(H,11,12,14). The van der Waals surface area contributed by atoms with E-state index in [0.717, 1.165) is 16.0 Å². The molecule has 0 aromatic carbocycles. The molecule has 0 aliphatic rings. The van der Waals surface area contributed by atoms with E-state index in [4.69, 9.17) is 0 Å². The molecule has 0 bridgehead atoms. The summed E-state index contributed by atoms with van der Waals surface area (Å²) in [6.45, 7) is 0. The van der Waals surface area contributed by atoms with Gasteiger partial charge in [-0.2, -0.15) is 0 Å². The number of hydrogen-bond donors (Lipinski definition) is 2. The van der Waals surface area contributed by atoms with E-state index < -0.39 is 10.8 Å². The summed E-state index contributed by atoms with van der Waals surface area (Å²) in [6, 6.07) is 1.16. The monoisotopic (exact) mass is 316 g/mol. The molecule has 0 unspecified atom stereocenters. The number of rotatable bonds is 3. The van der Waals surface area contributed by atoms with Crippen LogP contribution in [0.25, 0.3) is 0 Å². The van der Waals surface area contributed by atoms with Crippen LogP contribution in [0.5, 0.6) is 0 Å². The van der Waals surface area contributed by atoms with Crippen molar-refractivity contribution in [3.63, 3.8) is 0 Å². The summed E-state index contributed by atoms with van der Waals surface area (Å²) in [5.74, 6) is -0.472. The predicted octanol–water partition coefficient (Wildman–Crippen LogP) is 2.39. The molecular weight excluding hydrogens is 312 g/mol. The summed E-state index contributed by atoms with van der Waals surface area (Å²) in [5, 5.41) is 13.4. The average Bonchev–Trinajstić information content (AvgIpc) is 2.86. The Labute approximate surface area is 107 Å². The maximum atomic E-state index is 11.6. The molecule has 0 saturated heterocycles. The topological polar surface area (TPSA) is 101 Å². The second-order valence-corrected chi connectivity index (χ2v) is 5.36. The molecule has 9 heteroatoms. The second-order valence-electron chi connectivity index (χ2n) is 2.95. The Morgan fingerprint density at radius 1 is 1.65 bits per heavy atom. The molecule has 17 heavy (non-hydrogen) atoms. The van der Waals surface area contributed by atoms with E-state index in [0.29, 0.717) is 5.13 Å². The molecule has 2 heterocycles. The Morgan fingerprint density at radius 2 is 2.41 bits per heavy atom. The number of nitrogens with one attached hydrogen (secondary N) is 2. The van der Waals surface area contributed by atoms with Crippen LogP contribution < -0.4 is 5.32 Å². The smallest absolute Gasteiger partial charge is 0.287 e. The van der Waals surface area contributed by atoms with Crippen LogP contribution in [0.2, 0.25) is 0 Å². The molecule has 2 aromatic heterocycles. The summed E-state index contributed by atoms with van der Waals surface area (Å²) in [7, 11) is 0. The molecule has 2 N–H and O–H groups in total. The first-order chi connectivity index (χ1) is 8.06. The molecular formula is C8H5BrN4O3S. The molecule has 0 radical (unpaired) electrons. The van der Waals surface area contributed by atoms with Crippen LogP contribution >= 0.6 is 27.3 Å². The number of nitrogens with zero attached hydrogens (tertiary/aromatic N) is 2. The van der Waals surface area contributed by atoms with E-state index in [-0.39, 0.29) is 11.4 Å². The second kappa shape index (κ2) is 4.63. The van der Waals surface area contributed by atoms with Gasteiger partial charge in [0.15, 0.2) is 5.13 Å². The predicted molar refractivity (Wildman–Crippen MR) is 65.2 cm³/mol. The number of carbonyl (C=O) groups is 1. The maximum Gasteiger partial charge on any atom is 0.287 e. The number of nitro groups is 1. The van der Waals surface area contributed by atoms with Crippen molar-refractivity contribution in [1.29, 1.82) is 0 Å². The number of thiazole rings is 1. The van der Waals surface area contributed by atoms with E-state index in [1.807, 2.05) is 0 Å². The van der Waals surface area contributed by atoms with Crippen molar-refractivity contribution in [2.75, 3.05) is 5.32 Å². The highest BCUT2D eigenvalue weighted by molar-refractivity contribution is 9.11. The van der Waals surface area contributed by atoms with Gasteiger partial charge in [0.05, 0.1) is 21.1 Å². The van der Waals surface area contributed by atoms with E-state index in [2.05, 4.69) is 31.2 Å². The summed E-state index contributed by atoms with van der Waals surface area (Å²) >= 11 is 4.46. The molecule has 0 fully saturated rings. The number of anilines is 1. The third kappa shape index (κ3) is 2.68. The highest BCUT2D eigenvalue weighted by Crippen LogP contribution is 2.23. The molecule has 0 saturated carbocycles. The van der Waals surface area contributed by atoms with Crippen LogP contribution in [-0.4, -0.2) is 20.8 Å². The quantitative estimate of drug-likeness (QED) is 0.670. The van der Waals surface area contributed by atoms with Crippen molar-refractivity contribution >= 4 is 44.0 Å². The molecule has 7 nitrogen and oxygen atoms in total. The lowest BCUT2D eigenvalue weighted by Gasteiger charge is -1.96. The lowest BCUT2D eigenvalue weighted by atomic mass is 10.4.